The van der Waals surface area contributed by atoms with Gasteiger partial charge in [0.1, 0.15) is 11.6 Å². The van der Waals surface area contributed by atoms with Crippen LogP contribution in [0.3, 0.4) is 0 Å². The fraction of sp³-hybridized carbons (Fsp3) is 0.267. The summed E-state index contributed by atoms with van der Waals surface area (Å²) in [4.78, 5) is 28.8. The number of aromatic nitrogens is 4. The van der Waals surface area contributed by atoms with E-state index in [1.807, 2.05) is 19.9 Å². The lowest BCUT2D eigenvalue weighted by Crippen LogP contribution is -2.28. The third-order valence-corrected chi connectivity index (χ3v) is 4.37. The van der Waals surface area contributed by atoms with E-state index in [4.69, 9.17) is 0 Å². The van der Waals surface area contributed by atoms with Crippen molar-refractivity contribution in [1.82, 2.24) is 19.7 Å². The lowest BCUT2D eigenvalue weighted by Gasteiger charge is -2.07. The Morgan fingerprint density at radius 1 is 1.35 bits per heavy atom. The Kier molecular flexibility index (Phi) is 4.16. The number of nitrogens with one attached hydrogen (secondary N) is 1. The SMILES string of the molecule is CCc1nnc(NC(=O)Cn2cnc3c(C)cccc3c2=O)s1. The van der Waals surface area contributed by atoms with Gasteiger partial charge in [-0.1, -0.05) is 30.4 Å². The first kappa shape index (κ1) is 15.3. The second-order valence-corrected chi connectivity index (χ2v) is 6.11. The maximum absolute atomic E-state index is 12.4. The molecule has 0 aliphatic carbocycles. The molecule has 0 saturated carbocycles. The maximum atomic E-state index is 12.4. The number of carbonyl (C=O) groups is 1. The number of amides is 1. The number of aryl methyl sites for hydroxylation is 2. The molecule has 0 saturated heterocycles. The summed E-state index contributed by atoms with van der Waals surface area (Å²) >= 11 is 1.32. The Bertz CT molecular complexity index is 931. The number of hydrogen-bond donors (Lipinski definition) is 1. The Morgan fingerprint density at radius 2 is 2.17 bits per heavy atom. The molecule has 3 aromatic rings. The van der Waals surface area contributed by atoms with E-state index in [1.54, 1.807) is 12.1 Å². The van der Waals surface area contributed by atoms with Crippen LogP contribution in [0.25, 0.3) is 10.9 Å². The summed E-state index contributed by atoms with van der Waals surface area (Å²) < 4.78 is 1.29. The van der Waals surface area contributed by atoms with E-state index in [2.05, 4.69) is 20.5 Å². The van der Waals surface area contributed by atoms with Gasteiger partial charge in [-0.3, -0.25) is 19.5 Å². The van der Waals surface area contributed by atoms with Gasteiger partial charge in [-0.2, -0.15) is 0 Å². The monoisotopic (exact) mass is 329 g/mol. The Balaban J connectivity index is 1.82. The van der Waals surface area contributed by atoms with Gasteiger partial charge in [-0.25, -0.2) is 4.98 Å². The number of carbonyl (C=O) groups excluding carboxylic acids is 1. The predicted octanol–water partition coefficient (Wildman–Crippen LogP) is 1.76. The van der Waals surface area contributed by atoms with Gasteiger partial charge >= 0.3 is 0 Å². The van der Waals surface area contributed by atoms with Crippen LogP contribution in [0.1, 0.15) is 17.5 Å². The molecule has 0 spiro atoms. The first-order valence-corrected chi connectivity index (χ1v) is 7.97. The third-order valence-electron chi connectivity index (χ3n) is 3.38. The summed E-state index contributed by atoms with van der Waals surface area (Å²) in [5.74, 6) is -0.334. The highest BCUT2D eigenvalue weighted by atomic mass is 32.1. The van der Waals surface area contributed by atoms with E-state index in [0.717, 1.165) is 17.0 Å². The molecule has 0 aliphatic rings. The van der Waals surface area contributed by atoms with Crippen molar-refractivity contribution < 1.29 is 4.79 Å². The van der Waals surface area contributed by atoms with Crippen molar-refractivity contribution in [2.75, 3.05) is 5.32 Å². The quantitative estimate of drug-likeness (QED) is 0.788. The van der Waals surface area contributed by atoms with Gasteiger partial charge in [0.05, 0.1) is 17.2 Å². The average molecular weight is 329 g/mol. The fourth-order valence-electron chi connectivity index (χ4n) is 2.21. The number of fused-ring (bicyclic) bond motifs is 1. The zero-order valence-electron chi connectivity index (χ0n) is 12.7. The molecule has 0 fully saturated rings. The largest absolute Gasteiger partial charge is 0.299 e. The molecule has 118 valence electrons. The molecule has 0 atom stereocenters. The molecule has 1 amide bonds. The molecular weight excluding hydrogens is 314 g/mol. The first-order chi connectivity index (χ1) is 11.1. The summed E-state index contributed by atoms with van der Waals surface area (Å²) in [5.41, 5.74) is 1.35. The van der Waals surface area contributed by atoms with Crippen LogP contribution >= 0.6 is 11.3 Å². The molecule has 23 heavy (non-hydrogen) atoms. The van der Waals surface area contributed by atoms with Gasteiger partial charge < -0.3 is 0 Å². The first-order valence-electron chi connectivity index (χ1n) is 7.15. The smallest absolute Gasteiger partial charge is 0.261 e. The van der Waals surface area contributed by atoms with E-state index in [0.29, 0.717) is 16.0 Å². The molecule has 0 bridgehead atoms. The van der Waals surface area contributed by atoms with E-state index < -0.39 is 0 Å². The van der Waals surface area contributed by atoms with Crippen LogP contribution in [0.2, 0.25) is 0 Å². The van der Waals surface area contributed by atoms with E-state index in [-0.39, 0.29) is 18.0 Å². The normalized spacial score (nSPS) is 10.9. The van der Waals surface area contributed by atoms with Crippen molar-refractivity contribution in [3.05, 3.63) is 45.5 Å². The van der Waals surface area contributed by atoms with Crippen LogP contribution in [0.4, 0.5) is 5.13 Å². The van der Waals surface area contributed by atoms with Gasteiger partial charge in [0, 0.05) is 0 Å². The van der Waals surface area contributed by atoms with E-state index >= 15 is 0 Å². The molecule has 8 heteroatoms. The highest BCUT2D eigenvalue weighted by molar-refractivity contribution is 7.15. The molecule has 3 rings (SSSR count). The summed E-state index contributed by atoms with van der Waals surface area (Å²) in [6.45, 7) is 3.75. The minimum absolute atomic E-state index is 0.114. The highest BCUT2D eigenvalue weighted by Crippen LogP contribution is 2.15. The molecule has 0 unspecified atom stereocenters. The van der Waals surface area contributed by atoms with Crippen molar-refractivity contribution in [2.24, 2.45) is 0 Å². The Hall–Kier alpha value is -2.61. The van der Waals surface area contributed by atoms with Crippen LogP contribution in [-0.4, -0.2) is 25.7 Å². The standard InChI is InChI=1S/C15H15N5O2S/c1-3-12-18-19-15(23-12)17-11(21)7-20-8-16-13-9(2)5-4-6-10(13)14(20)22/h4-6,8H,3,7H2,1-2H3,(H,17,19,21). The van der Waals surface area contributed by atoms with E-state index in [1.165, 1.54) is 22.2 Å². The van der Waals surface area contributed by atoms with Crippen molar-refractivity contribution in [3.63, 3.8) is 0 Å². The Labute approximate surface area is 136 Å². The van der Waals surface area contributed by atoms with Crippen molar-refractivity contribution in [3.8, 4) is 0 Å². The number of hydrogen-bond acceptors (Lipinski definition) is 6. The lowest BCUT2D eigenvalue weighted by molar-refractivity contribution is -0.116. The topological polar surface area (TPSA) is 89.8 Å². The maximum Gasteiger partial charge on any atom is 0.261 e. The molecule has 1 N–H and O–H groups in total. The van der Waals surface area contributed by atoms with Gasteiger partial charge in [0.15, 0.2) is 0 Å². The van der Waals surface area contributed by atoms with Crippen LogP contribution in [0, 0.1) is 6.92 Å². The van der Waals surface area contributed by atoms with Crippen molar-refractivity contribution in [1.29, 1.82) is 0 Å². The Morgan fingerprint density at radius 3 is 2.91 bits per heavy atom. The minimum Gasteiger partial charge on any atom is -0.299 e. The van der Waals surface area contributed by atoms with Gasteiger partial charge in [0.2, 0.25) is 11.0 Å². The molecular formula is C15H15N5O2S. The van der Waals surface area contributed by atoms with Gasteiger partial charge in [0.25, 0.3) is 5.56 Å². The average Bonchev–Trinajstić information content (AvgIpc) is 2.98. The van der Waals surface area contributed by atoms with Crippen LogP contribution in [-0.2, 0) is 17.8 Å². The van der Waals surface area contributed by atoms with Gasteiger partial charge in [-0.05, 0) is 25.0 Å². The number of benzene rings is 1. The highest BCUT2D eigenvalue weighted by Gasteiger charge is 2.11. The zero-order valence-corrected chi connectivity index (χ0v) is 13.6. The molecule has 0 aliphatic heterocycles. The lowest BCUT2D eigenvalue weighted by atomic mass is 10.1. The van der Waals surface area contributed by atoms with Crippen LogP contribution in [0.5, 0.6) is 0 Å². The summed E-state index contributed by atoms with van der Waals surface area (Å²) in [6, 6.07) is 5.41. The third kappa shape index (κ3) is 3.11. The van der Waals surface area contributed by atoms with E-state index in [9.17, 15) is 9.59 Å². The number of nitrogens with zero attached hydrogens (tertiary/aromatic N) is 4. The summed E-state index contributed by atoms with van der Waals surface area (Å²) in [7, 11) is 0. The molecule has 0 radical (unpaired) electrons. The predicted molar refractivity (Wildman–Crippen MR) is 88.7 cm³/mol. The van der Waals surface area contributed by atoms with Crippen LogP contribution in [0.15, 0.2) is 29.3 Å². The minimum atomic E-state index is -0.334. The molecule has 1 aromatic carbocycles. The van der Waals surface area contributed by atoms with Crippen LogP contribution < -0.4 is 10.9 Å². The number of rotatable bonds is 4. The summed E-state index contributed by atoms with van der Waals surface area (Å²) in [5, 5.41) is 12.3. The zero-order chi connectivity index (χ0) is 16.4. The second kappa shape index (κ2) is 6.25. The summed E-state index contributed by atoms with van der Waals surface area (Å²) in [6.07, 6.45) is 2.16. The van der Waals surface area contributed by atoms with Gasteiger partial charge in [-0.15, -0.1) is 10.2 Å². The molecule has 7 nitrogen and oxygen atoms in total. The molecule has 2 heterocycles. The number of para-hydroxylation sites is 1. The van der Waals surface area contributed by atoms with Crippen molar-refractivity contribution >= 4 is 33.3 Å². The number of anilines is 1. The molecule has 2 aromatic heterocycles. The van der Waals surface area contributed by atoms with Crippen molar-refractivity contribution in [2.45, 2.75) is 26.8 Å². The second-order valence-electron chi connectivity index (χ2n) is 5.05. The fourth-order valence-corrected chi connectivity index (χ4v) is 2.91.